The van der Waals surface area contributed by atoms with Crippen LogP contribution in [0.3, 0.4) is 0 Å². The van der Waals surface area contributed by atoms with Gasteiger partial charge in [-0.1, -0.05) is 42.5 Å². The van der Waals surface area contributed by atoms with E-state index in [9.17, 15) is 9.90 Å². The highest BCUT2D eigenvalue weighted by molar-refractivity contribution is 6.00. The van der Waals surface area contributed by atoms with E-state index in [0.717, 1.165) is 22.1 Å². The van der Waals surface area contributed by atoms with Crippen molar-refractivity contribution in [3.63, 3.8) is 0 Å². The number of fused-ring (bicyclic) bond motifs is 1. The van der Waals surface area contributed by atoms with Gasteiger partial charge in [0.25, 0.3) is 0 Å². The van der Waals surface area contributed by atoms with Gasteiger partial charge in [-0.15, -0.1) is 0 Å². The molecule has 0 aliphatic carbocycles. The van der Waals surface area contributed by atoms with Gasteiger partial charge in [-0.2, -0.15) is 0 Å². The minimum absolute atomic E-state index is 0.320. The fraction of sp³-hybridized carbons (Fsp3) is 0.105. The number of carbonyl (C=O) groups is 1. The van der Waals surface area contributed by atoms with Gasteiger partial charge in [0.05, 0.1) is 5.56 Å². The quantitative estimate of drug-likeness (QED) is 0.728. The SMILES string of the molecule is Cc1ccc(C(=O)O)cc1-c1ccc(C)c2ccccc12. The Labute approximate surface area is 123 Å². The van der Waals surface area contributed by atoms with Crippen LogP contribution >= 0.6 is 0 Å². The Kier molecular flexibility index (Phi) is 3.22. The number of carboxylic acids is 1. The van der Waals surface area contributed by atoms with E-state index in [1.807, 2.05) is 25.1 Å². The summed E-state index contributed by atoms with van der Waals surface area (Å²) in [5.41, 5.74) is 4.68. The molecule has 3 aromatic rings. The van der Waals surface area contributed by atoms with Crippen LogP contribution in [0.1, 0.15) is 21.5 Å². The van der Waals surface area contributed by atoms with E-state index < -0.39 is 5.97 Å². The molecular formula is C19H16O2. The summed E-state index contributed by atoms with van der Waals surface area (Å²) in [5, 5.41) is 11.6. The third-order valence-corrected chi connectivity index (χ3v) is 3.92. The Hall–Kier alpha value is -2.61. The van der Waals surface area contributed by atoms with Crippen molar-refractivity contribution in [2.45, 2.75) is 13.8 Å². The van der Waals surface area contributed by atoms with E-state index in [1.165, 1.54) is 10.9 Å². The average molecular weight is 276 g/mol. The summed E-state index contributed by atoms with van der Waals surface area (Å²) in [6, 6.07) is 17.7. The Morgan fingerprint density at radius 1 is 0.810 bits per heavy atom. The Bertz CT molecular complexity index is 847. The number of aromatic carboxylic acids is 1. The minimum atomic E-state index is -0.896. The Morgan fingerprint density at radius 3 is 2.19 bits per heavy atom. The lowest BCUT2D eigenvalue weighted by molar-refractivity contribution is 0.0697. The summed E-state index contributed by atoms with van der Waals surface area (Å²) < 4.78 is 0. The largest absolute Gasteiger partial charge is 0.478 e. The zero-order valence-corrected chi connectivity index (χ0v) is 12.1. The van der Waals surface area contributed by atoms with E-state index >= 15 is 0 Å². The molecule has 0 aromatic heterocycles. The predicted octanol–water partition coefficient (Wildman–Crippen LogP) is 4.82. The van der Waals surface area contributed by atoms with Crippen LogP contribution in [0.4, 0.5) is 0 Å². The van der Waals surface area contributed by atoms with Crippen molar-refractivity contribution < 1.29 is 9.90 Å². The van der Waals surface area contributed by atoms with E-state index in [-0.39, 0.29) is 0 Å². The first-order valence-electron chi connectivity index (χ1n) is 6.90. The molecule has 21 heavy (non-hydrogen) atoms. The van der Waals surface area contributed by atoms with Crippen LogP contribution in [0.2, 0.25) is 0 Å². The van der Waals surface area contributed by atoms with Gasteiger partial charge in [0.15, 0.2) is 0 Å². The molecule has 0 atom stereocenters. The van der Waals surface area contributed by atoms with Crippen molar-refractivity contribution in [1.29, 1.82) is 0 Å². The topological polar surface area (TPSA) is 37.3 Å². The van der Waals surface area contributed by atoms with Crippen LogP contribution in [0.15, 0.2) is 54.6 Å². The minimum Gasteiger partial charge on any atom is -0.478 e. The van der Waals surface area contributed by atoms with Crippen LogP contribution in [0.25, 0.3) is 21.9 Å². The summed E-state index contributed by atoms with van der Waals surface area (Å²) in [4.78, 5) is 11.2. The highest BCUT2D eigenvalue weighted by Gasteiger charge is 2.11. The smallest absolute Gasteiger partial charge is 0.335 e. The molecule has 2 heteroatoms. The molecule has 3 aromatic carbocycles. The number of rotatable bonds is 2. The second-order valence-corrected chi connectivity index (χ2v) is 5.31. The predicted molar refractivity (Wildman–Crippen MR) is 85.8 cm³/mol. The van der Waals surface area contributed by atoms with Gasteiger partial charge >= 0.3 is 5.97 Å². The molecule has 0 heterocycles. The van der Waals surface area contributed by atoms with Crippen LogP contribution in [0, 0.1) is 13.8 Å². The fourth-order valence-corrected chi connectivity index (χ4v) is 2.73. The highest BCUT2D eigenvalue weighted by Crippen LogP contribution is 2.33. The van der Waals surface area contributed by atoms with Crippen LogP contribution in [-0.4, -0.2) is 11.1 Å². The second-order valence-electron chi connectivity index (χ2n) is 5.31. The fourth-order valence-electron chi connectivity index (χ4n) is 2.73. The van der Waals surface area contributed by atoms with Crippen molar-refractivity contribution in [2.24, 2.45) is 0 Å². The molecule has 0 saturated heterocycles. The molecule has 104 valence electrons. The molecule has 0 bridgehead atoms. The molecule has 3 rings (SSSR count). The van der Waals surface area contributed by atoms with Crippen molar-refractivity contribution in [1.82, 2.24) is 0 Å². The summed E-state index contributed by atoms with van der Waals surface area (Å²) in [5.74, 6) is -0.896. The lowest BCUT2D eigenvalue weighted by atomic mass is 9.92. The number of benzene rings is 3. The summed E-state index contributed by atoms with van der Waals surface area (Å²) in [6.07, 6.45) is 0. The lowest BCUT2D eigenvalue weighted by Gasteiger charge is -2.12. The second kappa shape index (κ2) is 5.06. The van der Waals surface area contributed by atoms with Crippen molar-refractivity contribution in [2.75, 3.05) is 0 Å². The molecule has 0 aliphatic rings. The highest BCUT2D eigenvalue weighted by atomic mass is 16.4. The average Bonchev–Trinajstić information content (AvgIpc) is 2.49. The Morgan fingerprint density at radius 2 is 1.48 bits per heavy atom. The molecule has 0 spiro atoms. The first kappa shape index (κ1) is 13.4. The Balaban J connectivity index is 2.33. The maximum absolute atomic E-state index is 11.2. The van der Waals surface area contributed by atoms with Gasteiger partial charge < -0.3 is 5.11 Å². The normalized spacial score (nSPS) is 10.8. The van der Waals surface area contributed by atoms with Gasteiger partial charge in [-0.05, 0) is 59.0 Å². The van der Waals surface area contributed by atoms with Gasteiger partial charge in [0.1, 0.15) is 0 Å². The number of hydrogen-bond donors (Lipinski definition) is 1. The first-order valence-corrected chi connectivity index (χ1v) is 6.90. The molecule has 0 unspecified atom stereocenters. The van der Waals surface area contributed by atoms with Gasteiger partial charge in [0.2, 0.25) is 0 Å². The molecule has 0 saturated carbocycles. The van der Waals surface area contributed by atoms with Gasteiger partial charge in [-0.25, -0.2) is 4.79 Å². The van der Waals surface area contributed by atoms with Gasteiger partial charge in [-0.3, -0.25) is 0 Å². The molecule has 1 N–H and O–H groups in total. The molecule has 0 amide bonds. The summed E-state index contributed by atoms with van der Waals surface area (Å²) >= 11 is 0. The lowest BCUT2D eigenvalue weighted by Crippen LogP contribution is -1.97. The third-order valence-electron chi connectivity index (χ3n) is 3.92. The zero-order valence-electron chi connectivity index (χ0n) is 12.1. The summed E-state index contributed by atoms with van der Waals surface area (Å²) in [6.45, 7) is 4.10. The van der Waals surface area contributed by atoms with E-state index in [0.29, 0.717) is 5.56 Å². The van der Waals surface area contributed by atoms with Crippen LogP contribution < -0.4 is 0 Å². The van der Waals surface area contributed by atoms with Gasteiger partial charge in [0, 0.05) is 0 Å². The van der Waals surface area contributed by atoms with E-state index in [4.69, 9.17) is 0 Å². The molecular weight excluding hydrogens is 260 g/mol. The van der Waals surface area contributed by atoms with E-state index in [1.54, 1.807) is 12.1 Å². The molecule has 0 radical (unpaired) electrons. The van der Waals surface area contributed by atoms with Crippen molar-refractivity contribution in [3.05, 3.63) is 71.3 Å². The van der Waals surface area contributed by atoms with Crippen LogP contribution in [-0.2, 0) is 0 Å². The standard InChI is InChI=1S/C19H16O2/c1-12-8-10-17(16-6-4-3-5-15(12)16)18-11-14(19(20)21)9-7-13(18)2/h3-11H,1-2H3,(H,20,21). The summed E-state index contributed by atoms with van der Waals surface area (Å²) in [7, 11) is 0. The molecule has 0 fully saturated rings. The third kappa shape index (κ3) is 2.29. The van der Waals surface area contributed by atoms with Crippen LogP contribution in [0.5, 0.6) is 0 Å². The first-order chi connectivity index (χ1) is 10.1. The zero-order chi connectivity index (χ0) is 15.0. The molecule has 0 aliphatic heterocycles. The number of hydrogen-bond acceptors (Lipinski definition) is 1. The van der Waals surface area contributed by atoms with Crippen molar-refractivity contribution >= 4 is 16.7 Å². The number of carboxylic acid groups (broad SMARTS) is 1. The monoisotopic (exact) mass is 276 g/mol. The maximum Gasteiger partial charge on any atom is 0.335 e. The van der Waals surface area contributed by atoms with Crippen molar-refractivity contribution in [3.8, 4) is 11.1 Å². The number of aryl methyl sites for hydroxylation is 2. The maximum atomic E-state index is 11.2. The molecule has 2 nitrogen and oxygen atoms in total. The van der Waals surface area contributed by atoms with E-state index in [2.05, 4.69) is 31.2 Å².